The largest absolute Gasteiger partial charge is 0.326 e. The molecule has 2 aromatic carbocycles. The SMILES string of the molecule is CC(C)c1cccc(C(C)C)c1NC(=O)CC(=O)Nc1ccccc1. The molecule has 0 aliphatic carbocycles. The van der Waals surface area contributed by atoms with Crippen molar-refractivity contribution in [2.45, 2.75) is 46.0 Å². The van der Waals surface area contributed by atoms with Gasteiger partial charge in [-0.1, -0.05) is 64.1 Å². The van der Waals surface area contributed by atoms with Crippen molar-refractivity contribution >= 4 is 23.2 Å². The quantitative estimate of drug-likeness (QED) is 0.736. The van der Waals surface area contributed by atoms with Crippen LogP contribution in [0.3, 0.4) is 0 Å². The number of para-hydroxylation sites is 2. The lowest BCUT2D eigenvalue weighted by Gasteiger charge is -2.20. The summed E-state index contributed by atoms with van der Waals surface area (Å²) in [4.78, 5) is 24.5. The van der Waals surface area contributed by atoms with Crippen molar-refractivity contribution in [1.82, 2.24) is 0 Å². The molecule has 2 rings (SSSR count). The summed E-state index contributed by atoms with van der Waals surface area (Å²) in [5.41, 5.74) is 3.70. The molecular weight excluding hydrogens is 312 g/mol. The number of hydrogen-bond donors (Lipinski definition) is 2. The zero-order chi connectivity index (χ0) is 18.4. The van der Waals surface area contributed by atoms with Crippen LogP contribution >= 0.6 is 0 Å². The van der Waals surface area contributed by atoms with Gasteiger partial charge in [-0.25, -0.2) is 0 Å². The Morgan fingerprint density at radius 1 is 0.760 bits per heavy atom. The fourth-order valence-corrected chi connectivity index (χ4v) is 2.75. The highest BCUT2D eigenvalue weighted by Crippen LogP contribution is 2.32. The number of carbonyl (C=O) groups excluding carboxylic acids is 2. The fourth-order valence-electron chi connectivity index (χ4n) is 2.75. The lowest BCUT2D eigenvalue weighted by molar-refractivity contribution is -0.123. The molecule has 0 aromatic heterocycles. The summed E-state index contributed by atoms with van der Waals surface area (Å²) >= 11 is 0. The van der Waals surface area contributed by atoms with Crippen LogP contribution in [0, 0.1) is 0 Å². The maximum atomic E-state index is 12.4. The smallest absolute Gasteiger partial charge is 0.233 e. The molecule has 0 radical (unpaired) electrons. The minimum Gasteiger partial charge on any atom is -0.326 e. The van der Waals surface area contributed by atoms with Crippen molar-refractivity contribution in [3.63, 3.8) is 0 Å². The minimum absolute atomic E-state index is 0.209. The molecule has 0 aliphatic heterocycles. The molecule has 0 bridgehead atoms. The van der Waals surface area contributed by atoms with Crippen molar-refractivity contribution in [2.24, 2.45) is 0 Å². The maximum absolute atomic E-state index is 12.4. The van der Waals surface area contributed by atoms with Crippen LogP contribution in [0.5, 0.6) is 0 Å². The zero-order valence-corrected chi connectivity index (χ0v) is 15.3. The lowest BCUT2D eigenvalue weighted by Crippen LogP contribution is -2.22. The van der Waals surface area contributed by atoms with Crippen LogP contribution in [0.2, 0.25) is 0 Å². The van der Waals surface area contributed by atoms with Crippen molar-refractivity contribution in [3.05, 3.63) is 59.7 Å². The number of anilines is 2. The van der Waals surface area contributed by atoms with Crippen LogP contribution in [0.15, 0.2) is 48.5 Å². The van der Waals surface area contributed by atoms with Gasteiger partial charge in [0, 0.05) is 11.4 Å². The zero-order valence-electron chi connectivity index (χ0n) is 15.3. The molecule has 132 valence electrons. The Bertz CT molecular complexity index is 711. The third-order valence-electron chi connectivity index (χ3n) is 4.02. The Labute approximate surface area is 149 Å². The van der Waals surface area contributed by atoms with Crippen LogP contribution in [0.4, 0.5) is 11.4 Å². The van der Waals surface area contributed by atoms with E-state index in [2.05, 4.69) is 38.3 Å². The molecule has 25 heavy (non-hydrogen) atoms. The maximum Gasteiger partial charge on any atom is 0.233 e. The van der Waals surface area contributed by atoms with Gasteiger partial charge in [0.1, 0.15) is 6.42 Å². The van der Waals surface area contributed by atoms with E-state index in [1.807, 2.05) is 36.4 Å². The lowest BCUT2D eigenvalue weighted by atomic mass is 9.92. The molecule has 0 heterocycles. The van der Waals surface area contributed by atoms with Gasteiger partial charge in [0.05, 0.1) is 0 Å². The number of rotatable bonds is 6. The van der Waals surface area contributed by atoms with Gasteiger partial charge in [-0.15, -0.1) is 0 Å². The Hall–Kier alpha value is -2.62. The first kappa shape index (κ1) is 18.7. The number of nitrogens with one attached hydrogen (secondary N) is 2. The molecule has 4 nitrogen and oxygen atoms in total. The highest BCUT2D eigenvalue weighted by molar-refractivity contribution is 6.08. The van der Waals surface area contributed by atoms with Gasteiger partial charge in [0.15, 0.2) is 0 Å². The van der Waals surface area contributed by atoms with Crippen LogP contribution in [0.25, 0.3) is 0 Å². The Morgan fingerprint density at radius 3 is 1.80 bits per heavy atom. The van der Waals surface area contributed by atoms with Crippen molar-refractivity contribution in [3.8, 4) is 0 Å². The summed E-state index contributed by atoms with van der Waals surface area (Å²) in [7, 11) is 0. The van der Waals surface area contributed by atoms with Crippen LogP contribution in [0.1, 0.15) is 57.1 Å². The van der Waals surface area contributed by atoms with E-state index < -0.39 is 0 Å². The average Bonchev–Trinajstić information content (AvgIpc) is 2.55. The van der Waals surface area contributed by atoms with Crippen molar-refractivity contribution in [1.29, 1.82) is 0 Å². The van der Waals surface area contributed by atoms with E-state index in [0.29, 0.717) is 5.69 Å². The number of amides is 2. The molecule has 0 saturated carbocycles. The number of hydrogen-bond acceptors (Lipinski definition) is 2. The molecule has 0 saturated heterocycles. The first-order chi connectivity index (χ1) is 11.9. The summed E-state index contributed by atoms with van der Waals surface area (Å²) in [5, 5.41) is 5.69. The van der Waals surface area contributed by atoms with E-state index >= 15 is 0 Å². The standard InChI is InChI=1S/C21H26N2O2/c1-14(2)17-11-8-12-18(15(3)4)21(17)23-20(25)13-19(24)22-16-9-6-5-7-10-16/h5-12,14-15H,13H2,1-4H3,(H,22,24)(H,23,25). The van der Waals surface area contributed by atoms with E-state index in [1.165, 1.54) is 0 Å². The topological polar surface area (TPSA) is 58.2 Å². The van der Waals surface area contributed by atoms with E-state index in [0.717, 1.165) is 16.8 Å². The molecular formula is C21H26N2O2. The second-order valence-electron chi connectivity index (χ2n) is 6.76. The summed E-state index contributed by atoms with van der Waals surface area (Å²) in [6.45, 7) is 8.38. The predicted molar refractivity (Wildman–Crippen MR) is 103 cm³/mol. The number of carbonyl (C=O) groups is 2. The molecule has 2 aromatic rings. The van der Waals surface area contributed by atoms with E-state index in [1.54, 1.807) is 12.1 Å². The first-order valence-electron chi connectivity index (χ1n) is 8.66. The van der Waals surface area contributed by atoms with Crippen LogP contribution in [-0.4, -0.2) is 11.8 Å². The molecule has 0 atom stereocenters. The summed E-state index contributed by atoms with van der Waals surface area (Å²) in [6.07, 6.45) is -0.209. The normalized spacial score (nSPS) is 10.8. The molecule has 0 spiro atoms. The second kappa shape index (κ2) is 8.47. The van der Waals surface area contributed by atoms with Gasteiger partial charge in [-0.3, -0.25) is 9.59 Å². The van der Waals surface area contributed by atoms with Gasteiger partial charge in [-0.2, -0.15) is 0 Å². The number of benzene rings is 2. The average molecular weight is 338 g/mol. The van der Waals surface area contributed by atoms with E-state index in [9.17, 15) is 9.59 Å². The van der Waals surface area contributed by atoms with Gasteiger partial charge >= 0.3 is 0 Å². The monoisotopic (exact) mass is 338 g/mol. The van der Waals surface area contributed by atoms with Crippen molar-refractivity contribution in [2.75, 3.05) is 10.6 Å². The van der Waals surface area contributed by atoms with Crippen LogP contribution in [-0.2, 0) is 9.59 Å². The summed E-state index contributed by atoms with van der Waals surface area (Å²) in [6, 6.07) is 15.2. The first-order valence-corrected chi connectivity index (χ1v) is 8.66. The summed E-state index contributed by atoms with van der Waals surface area (Å²) < 4.78 is 0. The van der Waals surface area contributed by atoms with Gasteiger partial charge in [0.2, 0.25) is 11.8 Å². The Morgan fingerprint density at radius 2 is 1.28 bits per heavy atom. The third kappa shape index (κ3) is 5.18. The van der Waals surface area contributed by atoms with E-state index in [4.69, 9.17) is 0 Å². The van der Waals surface area contributed by atoms with Gasteiger partial charge in [0.25, 0.3) is 0 Å². The molecule has 0 fully saturated rings. The van der Waals surface area contributed by atoms with Gasteiger partial charge < -0.3 is 10.6 Å². The molecule has 0 aliphatic rings. The molecule has 2 N–H and O–H groups in total. The molecule has 2 amide bonds. The Kier molecular flexibility index (Phi) is 6.34. The highest BCUT2D eigenvalue weighted by Gasteiger charge is 2.17. The third-order valence-corrected chi connectivity index (χ3v) is 4.02. The molecule has 0 unspecified atom stereocenters. The van der Waals surface area contributed by atoms with E-state index in [-0.39, 0.29) is 30.1 Å². The second-order valence-corrected chi connectivity index (χ2v) is 6.76. The molecule has 4 heteroatoms. The van der Waals surface area contributed by atoms with Crippen molar-refractivity contribution < 1.29 is 9.59 Å². The fraction of sp³-hybridized carbons (Fsp3) is 0.333. The highest BCUT2D eigenvalue weighted by atomic mass is 16.2. The summed E-state index contributed by atoms with van der Waals surface area (Å²) in [5.74, 6) is -0.0560. The van der Waals surface area contributed by atoms with Gasteiger partial charge in [-0.05, 0) is 35.1 Å². The Balaban J connectivity index is 2.11. The predicted octanol–water partition coefficient (Wildman–Crippen LogP) is 4.90. The van der Waals surface area contributed by atoms with Crippen LogP contribution < -0.4 is 10.6 Å². The minimum atomic E-state index is -0.322.